The van der Waals surface area contributed by atoms with Crippen LogP contribution in [0.15, 0.2) is 48.6 Å². The highest BCUT2D eigenvalue weighted by Gasteiger charge is 2.07. The van der Waals surface area contributed by atoms with Gasteiger partial charge >= 0.3 is 0 Å². The van der Waals surface area contributed by atoms with Gasteiger partial charge in [0.05, 0.1) is 6.10 Å². The van der Waals surface area contributed by atoms with Crippen LogP contribution in [-0.4, -0.2) is 18.2 Å². The third kappa shape index (κ3) is 5.50. The fourth-order valence-electron chi connectivity index (χ4n) is 1.61. The third-order valence-electron chi connectivity index (χ3n) is 2.69. The monoisotopic (exact) mass is 261 g/mol. The number of aryl methyl sites for hydroxylation is 1. The van der Waals surface area contributed by atoms with Crippen molar-refractivity contribution >= 4 is 5.91 Å². The summed E-state index contributed by atoms with van der Waals surface area (Å²) >= 11 is 0. The highest BCUT2D eigenvalue weighted by atomic mass is 16.5. The standard InChI is InChI=1S/C15H19NO3/c1-12-8-10-13(11-9-12)14(19-2)6-4-3-5-7-15(17)16-18/h3-5,7-11,14,18H,6H2,1-2H3,(H,16,17)/b4-3+,7-5+. The van der Waals surface area contributed by atoms with E-state index in [9.17, 15) is 4.79 Å². The van der Waals surface area contributed by atoms with E-state index < -0.39 is 5.91 Å². The molecule has 0 saturated heterocycles. The molecule has 0 aliphatic rings. The SMILES string of the molecule is COC(C/C=C/C=C/C(=O)NO)c1ccc(C)cc1. The summed E-state index contributed by atoms with van der Waals surface area (Å²) in [5, 5.41) is 8.29. The Kier molecular flexibility index (Phi) is 6.57. The Hall–Kier alpha value is -1.91. The first-order chi connectivity index (χ1) is 9.17. The van der Waals surface area contributed by atoms with E-state index in [1.165, 1.54) is 17.1 Å². The van der Waals surface area contributed by atoms with Crippen LogP contribution in [0, 0.1) is 6.92 Å². The van der Waals surface area contributed by atoms with Gasteiger partial charge in [-0.25, -0.2) is 5.48 Å². The van der Waals surface area contributed by atoms with Gasteiger partial charge in [-0.1, -0.05) is 48.1 Å². The largest absolute Gasteiger partial charge is 0.376 e. The summed E-state index contributed by atoms with van der Waals surface area (Å²) in [5.41, 5.74) is 3.86. The molecule has 0 aromatic heterocycles. The maximum absolute atomic E-state index is 10.7. The number of methoxy groups -OCH3 is 1. The Morgan fingerprint density at radius 1 is 1.37 bits per heavy atom. The van der Waals surface area contributed by atoms with Crippen LogP contribution in [0.4, 0.5) is 0 Å². The van der Waals surface area contributed by atoms with Gasteiger partial charge in [0.1, 0.15) is 0 Å². The van der Waals surface area contributed by atoms with Gasteiger partial charge in [0.15, 0.2) is 0 Å². The average Bonchev–Trinajstić information content (AvgIpc) is 2.43. The van der Waals surface area contributed by atoms with Crippen molar-refractivity contribution < 1.29 is 14.7 Å². The highest BCUT2D eigenvalue weighted by Crippen LogP contribution is 2.21. The van der Waals surface area contributed by atoms with Crippen molar-refractivity contribution in [3.63, 3.8) is 0 Å². The van der Waals surface area contributed by atoms with Crippen LogP contribution in [0.5, 0.6) is 0 Å². The predicted molar refractivity (Wildman–Crippen MR) is 73.8 cm³/mol. The second kappa shape index (κ2) is 8.24. The number of hydroxylamine groups is 1. The van der Waals surface area contributed by atoms with Crippen molar-refractivity contribution in [3.05, 3.63) is 59.7 Å². The lowest BCUT2D eigenvalue weighted by molar-refractivity contribution is -0.124. The van der Waals surface area contributed by atoms with Gasteiger partial charge in [-0.3, -0.25) is 10.0 Å². The molecule has 1 atom stereocenters. The van der Waals surface area contributed by atoms with Crippen molar-refractivity contribution in [2.45, 2.75) is 19.4 Å². The van der Waals surface area contributed by atoms with Crippen molar-refractivity contribution in [3.8, 4) is 0 Å². The van der Waals surface area contributed by atoms with Crippen LogP contribution < -0.4 is 5.48 Å². The smallest absolute Gasteiger partial charge is 0.267 e. The number of hydrogen-bond donors (Lipinski definition) is 2. The van der Waals surface area contributed by atoms with Gasteiger partial charge in [-0.15, -0.1) is 0 Å². The second-order valence-electron chi connectivity index (χ2n) is 4.13. The van der Waals surface area contributed by atoms with Crippen LogP contribution >= 0.6 is 0 Å². The number of amides is 1. The summed E-state index contributed by atoms with van der Waals surface area (Å²) in [4.78, 5) is 10.7. The minimum Gasteiger partial charge on any atom is -0.376 e. The molecule has 1 amide bonds. The molecular formula is C15H19NO3. The van der Waals surface area contributed by atoms with Crippen molar-refractivity contribution in [1.82, 2.24) is 5.48 Å². The molecule has 0 aliphatic carbocycles. The van der Waals surface area contributed by atoms with Gasteiger partial charge in [0.2, 0.25) is 0 Å². The molecule has 2 N–H and O–H groups in total. The molecule has 19 heavy (non-hydrogen) atoms. The molecule has 0 radical (unpaired) electrons. The van der Waals surface area contributed by atoms with Gasteiger partial charge in [0.25, 0.3) is 5.91 Å². The van der Waals surface area contributed by atoms with E-state index in [0.717, 1.165) is 5.56 Å². The van der Waals surface area contributed by atoms with Crippen molar-refractivity contribution in [1.29, 1.82) is 0 Å². The van der Waals surface area contributed by atoms with E-state index in [-0.39, 0.29) is 6.10 Å². The molecule has 1 rings (SSSR count). The number of rotatable bonds is 6. The average molecular weight is 261 g/mol. The van der Waals surface area contributed by atoms with E-state index in [1.807, 2.05) is 25.1 Å². The zero-order valence-electron chi connectivity index (χ0n) is 11.2. The first kappa shape index (κ1) is 15.1. The lowest BCUT2D eigenvalue weighted by atomic mass is 10.0. The van der Waals surface area contributed by atoms with Crippen molar-refractivity contribution in [2.24, 2.45) is 0 Å². The third-order valence-corrected chi connectivity index (χ3v) is 2.69. The molecule has 0 saturated carbocycles. The van der Waals surface area contributed by atoms with E-state index in [4.69, 9.17) is 9.94 Å². The van der Waals surface area contributed by atoms with Crippen molar-refractivity contribution in [2.75, 3.05) is 7.11 Å². The van der Waals surface area contributed by atoms with Gasteiger partial charge in [-0.05, 0) is 18.9 Å². The van der Waals surface area contributed by atoms with E-state index in [2.05, 4.69) is 12.1 Å². The zero-order valence-corrected chi connectivity index (χ0v) is 11.2. The Labute approximate surface area is 113 Å². The molecule has 1 aromatic carbocycles. The maximum atomic E-state index is 10.7. The molecule has 0 fully saturated rings. The van der Waals surface area contributed by atoms with Crippen LogP contribution in [0.2, 0.25) is 0 Å². The van der Waals surface area contributed by atoms with Gasteiger partial charge < -0.3 is 4.74 Å². The molecule has 0 heterocycles. The van der Waals surface area contributed by atoms with E-state index in [1.54, 1.807) is 19.3 Å². The summed E-state index contributed by atoms with van der Waals surface area (Å²) in [6, 6.07) is 8.20. The number of benzene rings is 1. The quantitative estimate of drug-likeness (QED) is 0.358. The minimum absolute atomic E-state index is 0.00285. The molecule has 0 spiro atoms. The van der Waals surface area contributed by atoms with E-state index in [0.29, 0.717) is 6.42 Å². The molecular weight excluding hydrogens is 242 g/mol. The van der Waals surface area contributed by atoms with Gasteiger partial charge in [-0.2, -0.15) is 0 Å². The predicted octanol–water partition coefficient (Wildman–Crippen LogP) is 2.69. The second-order valence-corrected chi connectivity index (χ2v) is 4.13. The molecule has 1 unspecified atom stereocenters. The molecule has 0 aliphatic heterocycles. The number of hydrogen-bond acceptors (Lipinski definition) is 3. The van der Waals surface area contributed by atoms with Crippen LogP contribution in [0.1, 0.15) is 23.7 Å². The number of carbonyl (C=O) groups excluding carboxylic acids is 1. The van der Waals surface area contributed by atoms with Crippen LogP contribution in [-0.2, 0) is 9.53 Å². The number of ether oxygens (including phenoxy) is 1. The summed E-state index contributed by atoms with van der Waals surface area (Å²) in [7, 11) is 1.67. The number of nitrogens with one attached hydrogen (secondary N) is 1. The Morgan fingerprint density at radius 3 is 2.63 bits per heavy atom. The first-order valence-electron chi connectivity index (χ1n) is 6.04. The van der Waals surface area contributed by atoms with Gasteiger partial charge in [0, 0.05) is 13.2 Å². The Morgan fingerprint density at radius 2 is 2.05 bits per heavy atom. The lowest BCUT2D eigenvalue weighted by Crippen LogP contribution is -2.14. The first-order valence-corrected chi connectivity index (χ1v) is 6.04. The maximum Gasteiger partial charge on any atom is 0.267 e. The summed E-state index contributed by atoms with van der Waals surface area (Å²) in [6.45, 7) is 2.04. The molecule has 102 valence electrons. The van der Waals surface area contributed by atoms with Crippen LogP contribution in [0.25, 0.3) is 0 Å². The fourth-order valence-corrected chi connectivity index (χ4v) is 1.61. The molecule has 1 aromatic rings. The molecule has 0 bridgehead atoms. The summed E-state index contributed by atoms with van der Waals surface area (Å²) in [5.74, 6) is -0.550. The number of allylic oxidation sites excluding steroid dienone is 2. The van der Waals surface area contributed by atoms with Crippen LogP contribution in [0.3, 0.4) is 0 Å². The lowest BCUT2D eigenvalue weighted by Gasteiger charge is -2.13. The summed E-state index contributed by atoms with van der Waals surface area (Å²) in [6.07, 6.45) is 7.17. The zero-order chi connectivity index (χ0) is 14.1. The number of carbonyl (C=O) groups is 1. The minimum atomic E-state index is -0.550. The highest BCUT2D eigenvalue weighted by molar-refractivity contribution is 5.86. The molecule has 4 nitrogen and oxygen atoms in total. The fraction of sp³-hybridized carbons (Fsp3) is 0.267. The normalized spacial score (nSPS) is 13.0. The Bertz CT molecular complexity index is 449. The summed E-state index contributed by atoms with van der Waals surface area (Å²) < 4.78 is 5.43. The van der Waals surface area contributed by atoms with E-state index >= 15 is 0 Å². The Balaban J connectivity index is 2.53. The topological polar surface area (TPSA) is 58.6 Å². The molecule has 4 heteroatoms.